The van der Waals surface area contributed by atoms with Crippen LogP contribution in [0.2, 0.25) is 0 Å². The summed E-state index contributed by atoms with van der Waals surface area (Å²) in [6, 6.07) is 9.53. The molecule has 0 fully saturated rings. The van der Waals surface area contributed by atoms with Crippen LogP contribution in [0.3, 0.4) is 0 Å². The van der Waals surface area contributed by atoms with Crippen LogP contribution in [0.1, 0.15) is 5.56 Å². The van der Waals surface area contributed by atoms with E-state index in [1.807, 2.05) is 24.3 Å². The Kier molecular flexibility index (Phi) is 2.77. The van der Waals surface area contributed by atoms with E-state index >= 15 is 0 Å². The van der Waals surface area contributed by atoms with E-state index in [0.717, 1.165) is 17.1 Å². The van der Waals surface area contributed by atoms with E-state index in [1.165, 1.54) is 4.63 Å². The van der Waals surface area contributed by atoms with Gasteiger partial charge >= 0.3 is 0 Å². The largest absolute Gasteiger partial charge is 0.486 e. The molecule has 0 unspecified atom stereocenters. The molecule has 3 heterocycles. The first-order valence-electron chi connectivity index (χ1n) is 6.56. The van der Waals surface area contributed by atoms with E-state index in [1.54, 1.807) is 6.07 Å². The van der Waals surface area contributed by atoms with Crippen LogP contribution in [0.5, 0.6) is 11.5 Å². The van der Waals surface area contributed by atoms with Crippen LogP contribution in [-0.2, 0) is 6.54 Å². The molecule has 1 N–H and O–H groups in total. The summed E-state index contributed by atoms with van der Waals surface area (Å²) >= 11 is 0. The monoisotopic (exact) mass is 284 g/mol. The first-order valence-corrected chi connectivity index (χ1v) is 6.56. The smallest absolute Gasteiger partial charge is 0.200 e. The van der Waals surface area contributed by atoms with E-state index < -0.39 is 0 Å². The highest BCUT2D eigenvalue weighted by Gasteiger charge is 2.11. The van der Waals surface area contributed by atoms with Crippen LogP contribution in [0.4, 0.5) is 5.82 Å². The van der Waals surface area contributed by atoms with Gasteiger partial charge < -0.3 is 14.8 Å². The molecule has 4 rings (SSSR count). The van der Waals surface area contributed by atoms with Crippen LogP contribution < -0.4 is 14.8 Å². The molecule has 0 radical (unpaired) electrons. The molecular weight excluding hydrogens is 272 g/mol. The Bertz CT molecular complexity index is 787. The lowest BCUT2D eigenvalue weighted by atomic mass is 10.2. The van der Waals surface area contributed by atoms with Gasteiger partial charge in [-0.1, -0.05) is 6.07 Å². The third-order valence-corrected chi connectivity index (χ3v) is 3.15. The number of aromatic nitrogens is 5. The van der Waals surface area contributed by atoms with Gasteiger partial charge in [0.05, 0.1) is 0 Å². The summed E-state index contributed by atoms with van der Waals surface area (Å²) < 4.78 is 12.4. The van der Waals surface area contributed by atoms with Crippen molar-refractivity contribution in [3.63, 3.8) is 0 Å². The molecule has 0 aliphatic carbocycles. The van der Waals surface area contributed by atoms with Crippen molar-refractivity contribution in [1.82, 2.24) is 25.3 Å². The van der Waals surface area contributed by atoms with E-state index in [2.05, 4.69) is 25.9 Å². The maximum absolute atomic E-state index is 5.56. The van der Waals surface area contributed by atoms with E-state index in [-0.39, 0.29) is 0 Å². The highest BCUT2D eigenvalue weighted by atomic mass is 16.6. The molecule has 1 aliphatic heterocycles. The number of fused-ring (bicyclic) bond motifs is 2. The fourth-order valence-electron chi connectivity index (χ4n) is 2.13. The second-order valence-corrected chi connectivity index (χ2v) is 4.58. The average molecular weight is 284 g/mol. The van der Waals surface area contributed by atoms with Crippen molar-refractivity contribution in [3.05, 3.63) is 35.9 Å². The lowest BCUT2D eigenvalue weighted by Crippen LogP contribution is -2.15. The van der Waals surface area contributed by atoms with Gasteiger partial charge in [0.25, 0.3) is 0 Å². The molecule has 1 aliphatic rings. The Morgan fingerprint density at radius 2 is 2.00 bits per heavy atom. The van der Waals surface area contributed by atoms with E-state index in [4.69, 9.17) is 9.47 Å². The van der Waals surface area contributed by atoms with Gasteiger partial charge in [-0.3, -0.25) is 0 Å². The minimum Gasteiger partial charge on any atom is -0.486 e. The topological polar surface area (TPSA) is 86.5 Å². The fourth-order valence-corrected chi connectivity index (χ4v) is 2.13. The van der Waals surface area contributed by atoms with Crippen molar-refractivity contribution in [3.8, 4) is 11.5 Å². The number of tetrazole rings is 1. The first-order chi connectivity index (χ1) is 10.4. The molecule has 2 aromatic heterocycles. The van der Waals surface area contributed by atoms with Gasteiger partial charge in [0, 0.05) is 6.54 Å². The Balaban J connectivity index is 1.50. The molecule has 21 heavy (non-hydrogen) atoms. The number of ether oxygens (including phenoxy) is 2. The van der Waals surface area contributed by atoms with Crippen LogP contribution in [0, 0.1) is 0 Å². The number of rotatable bonds is 3. The van der Waals surface area contributed by atoms with Crippen LogP contribution in [-0.4, -0.2) is 38.5 Å². The van der Waals surface area contributed by atoms with Gasteiger partial charge in [-0.15, -0.1) is 14.8 Å². The zero-order valence-corrected chi connectivity index (χ0v) is 11.1. The quantitative estimate of drug-likeness (QED) is 0.764. The third kappa shape index (κ3) is 2.31. The minimum absolute atomic E-state index is 0.585. The predicted molar refractivity (Wildman–Crippen MR) is 73.3 cm³/mol. The summed E-state index contributed by atoms with van der Waals surface area (Å²) in [4.78, 5) is 0. The summed E-state index contributed by atoms with van der Waals surface area (Å²) in [6.45, 7) is 1.80. The van der Waals surface area contributed by atoms with Crippen molar-refractivity contribution in [2.75, 3.05) is 18.5 Å². The van der Waals surface area contributed by atoms with Gasteiger partial charge in [0.2, 0.25) is 0 Å². The summed E-state index contributed by atoms with van der Waals surface area (Å²) in [5.74, 6) is 2.27. The van der Waals surface area contributed by atoms with Crippen molar-refractivity contribution in [2.24, 2.45) is 0 Å². The van der Waals surface area contributed by atoms with Gasteiger partial charge in [-0.25, -0.2) is 0 Å². The number of anilines is 1. The highest BCUT2D eigenvalue weighted by molar-refractivity contribution is 5.46. The molecule has 0 atom stereocenters. The summed E-state index contributed by atoms with van der Waals surface area (Å²) in [6.07, 6.45) is 0. The van der Waals surface area contributed by atoms with E-state index in [9.17, 15) is 0 Å². The fraction of sp³-hybridized carbons (Fsp3) is 0.231. The lowest BCUT2D eigenvalue weighted by Gasteiger charge is -2.19. The van der Waals surface area contributed by atoms with Gasteiger partial charge in [0.1, 0.15) is 19.0 Å². The molecule has 0 amide bonds. The Hall–Kier alpha value is -2.90. The molecule has 0 bridgehead atoms. The van der Waals surface area contributed by atoms with Crippen LogP contribution >= 0.6 is 0 Å². The SMILES string of the molecule is c1cc2c(cc1CNc1ccc3nnnn3n1)OCCO2. The molecule has 8 nitrogen and oxygen atoms in total. The summed E-state index contributed by atoms with van der Waals surface area (Å²) in [5.41, 5.74) is 1.69. The Morgan fingerprint density at radius 3 is 2.95 bits per heavy atom. The second kappa shape index (κ2) is 4.89. The number of nitrogens with one attached hydrogen (secondary N) is 1. The highest BCUT2D eigenvalue weighted by Crippen LogP contribution is 2.30. The molecule has 0 spiro atoms. The average Bonchev–Trinajstić information content (AvgIpc) is 3.00. The number of hydrogen-bond donors (Lipinski definition) is 1. The normalized spacial score (nSPS) is 13.3. The van der Waals surface area contributed by atoms with Gasteiger partial charge in [0.15, 0.2) is 17.1 Å². The second-order valence-electron chi connectivity index (χ2n) is 4.58. The maximum Gasteiger partial charge on any atom is 0.200 e. The molecule has 0 saturated heterocycles. The minimum atomic E-state index is 0.585. The van der Waals surface area contributed by atoms with Crippen LogP contribution in [0.15, 0.2) is 30.3 Å². The number of hydrogen-bond acceptors (Lipinski definition) is 7. The van der Waals surface area contributed by atoms with Gasteiger partial charge in [-0.05, 0) is 40.3 Å². The van der Waals surface area contributed by atoms with E-state index in [0.29, 0.717) is 31.2 Å². The van der Waals surface area contributed by atoms with Crippen molar-refractivity contribution < 1.29 is 9.47 Å². The van der Waals surface area contributed by atoms with Gasteiger partial charge in [-0.2, -0.15) is 0 Å². The Labute approximate surface area is 119 Å². The number of nitrogens with zero attached hydrogens (tertiary/aromatic N) is 5. The molecule has 106 valence electrons. The third-order valence-electron chi connectivity index (χ3n) is 3.15. The molecule has 1 aromatic carbocycles. The predicted octanol–water partition coefficient (Wildman–Crippen LogP) is 0.903. The number of benzene rings is 1. The van der Waals surface area contributed by atoms with Crippen LogP contribution in [0.25, 0.3) is 5.65 Å². The van der Waals surface area contributed by atoms with Crippen molar-refractivity contribution in [2.45, 2.75) is 6.54 Å². The molecule has 8 heteroatoms. The molecular formula is C13H12N6O2. The standard InChI is InChI=1S/C13H12N6O2/c1-2-10-11(21-6-5-20-10)7-9(1)8-14-12-3-4-13-15-17-18-19(13)16-12/h1-4,7H,5-6,8H2,(H,14,16). The molecule has 0 saturated carbocycles. The zero-order valence-electron chi connectivity index (χ0n) is 11.1. The first kappa shape index (κ1) is 11.9. The zero-order chi connectivity index (χ0) is 14.1. The Morgan fingerprint density at radius 1 is 1.10 bits per heavy atom. The van der Waals surface area contributed by atoms with Crippen molar-refractivity contribution >= 4 is 11.5 Å². The lowest BCUT2D eigenvalue weighted by molar-refractivity contribution is 0.171. The van der Waals surface area contributed by atoms with Crippen molar-refractivity contribution in [1.29, 1.82) is 0 Å². The summed E-state index contributed by atoms with van der Waals surface area (Å²) in [5, 5.41) is 18.6. The maximum atomic E-state index is 5.56. The molecule has 3 aromatic rings. The summed E-state index contributed by atoms with van der Waals surface area (Å²) in [7, 11) is 0.